The van der Waals surface area contributed by atoms with Crippen molar-refractivity contribution >= 4 is 12.1 Å². The minimum Gasteiger partial charge on any atom is -0.444 e. The number of carbonyl (C=O) groups excluding carboxylic acids is 2. The second-order valence-electron chi connectivity index (χ2n) is 8.37. The summed E-state index contributed by atoms with van der Waals surface area (Å²) in [7, 11) is 0. The van der Waals surface area contributed by atoms with Crippen LogP contribution in [0.2, 0.25) is 0 Å². The molecule has 2 heterocycles. The van der Waals surface area contributed by atoms with Gasteiger partial charge in [-0.2, -0.15) is 0 Å². The number of rotatable bonds is 2. The van der Waals surface area contributed by atoms with Crippen molar-refractivity contribution in [1.82, 2.24) is 20.9 Å². The Morgan fingerprint density at radius 3 is 2.13 bits per heavy atom. The number of likely N-dealkylation sites (tertiary alicyclic amines) is 1. The summed E-state index contributed by atoms with van der Waals surface area (Å²) < 4.78 is 5.28. The molecule has 2 saturated heterocycles. The number of hydrogen-bond donors (Lipinski definition) is 3. The molecule has 2 saturated carbocycles. The van der Waals surface area contributed by atoms with E-state index in [1.165, 1.54) is 0 Å². The smallest absolute Gasteiger partial charge is 0.407 e. The van der Waals surface area contributed by atoms with Crippen LogP contribution in [-0.2, 0) is 4.74 Å². The maximum Gasteiger partial charge on any atom is 0.407 e. The van der Waals surface area contributed by atoms with Crippen molar-refractivity contribution in [1.29, 1.82) is 0 Å². The number of amides is 3. The number of nitrogens with one attached hydrogen (secondary N) is 3. The number of piperidine rings is 2. The zero-order chi connectivity index (χ0) is 16.4. The molecule has 23 heavy (non-hydrogen) atoms. The van der Waals surface area contributed by atoms with Crippen LogP contribution in [0.5, 0.6) is 0 Å². The Hall–Kier alpha value is -1.50. The highest BCUT2D eigenvalue weighted by Gasteiger charge is 2.59. The maximum atomic E-state index is 12.3. The van der Waals surface area contributed by atoms with Crippen molar-refractivity contribution < 1.29 is 14.3 Å². The first kappa shape index (κ1) is 15.1. The van der Waals surface area contributed by atoms with Gasteiger partial charge in [-0.05, 0) is 32.6 Å². The molecular weight excluding hydrogens is 296 g/mol. The fourth-order valence-corrected chi connectivity index (χ4v) is 4.22. The molecule has 2 aliphatic carbocycles. The molecule has 3 N–H and O–H groups in total. The topological polar surface area (TPSA) is 82.7 Å². The van der Waals surface area contributed by atoms with Gasteiger partial charge in [-0.1, -0.05) is 0 Å². The van der Waals surface area contributed by atoms with E-state index in [0.717, 1.165) is 26.2 Å². The molecule has 0 bridgehead atoms. The lowest BCUT2D eigenvalue weighted by Crippen LogP contribution is -2.45. The van der Waals surface area contributed by atoms with Crippen LogP contribution >= 0.6 is 0 Å². The van der Waals surface area contributed by atoms with Crippen molar-refractivity contribution in [2.75, 3.05) is 26.2 Å². The van der Waals surface area contributed by atoms with E-state index in [4.69, 9.17) is 4.74 Å². The molecule has 4 aliphatic rings. The van der Waals surface area contributed by atoms with E-state index < -0.39 is 5.60 Å². The highest BCUT2D eigenvalue weighted by Crippen LogP contribution is 2.46. The fourth-order valence-electron chi connectivity index (χ4n) is 4.22. The highest BCUT2D eigenvalue weighted by atomic mass is 16.6. The first-order valence-corrected chi connectivity index (χ1v) is 8.59. The van der Waals surface area contributed by atoms with E-state index in [0.29, 0.717) is 29.7 Å². The first-order chi connectivity index (χ1) is 10.8. The minimum absolute atomic E-state index is 0.0626. The van der Waals surface area contributed by atoms with Crippen LogP contribution in [0.15, 0.2) is 0 Å². The summed E-state index contributed by atoms with van der Waals surface area (Å²) in [6, 6.07) is 0.599. The molecular formula is C16H26N4O3. The number of alkyl carbamates (subject to hydrolysis) is 1. The third kappa shape index (κ3) is 2.86. The van der Waals surface area contributed by atoms with Crippen LogP contribution in [0.3, 0.4) is 0 Å². The second kappa shape index (κ2) is 5.00. The van der Waals surface area contributed by atoms with Gasteiger partial charge in [-0.25, -0.2) is 9.59 Å². The molecule has 4 fully saturated rings. The lowest BCUT2D eigenvalue weighted by Gasteiger charge is -2.23. The summed E-state index contributed by atoms with van der Waals surface area (Å²) in [6.45, 7) is 9.10. The largest absolute Gasteiger partial charge is 0.444 e. The van der Waals surface area contributed by atoms with E-state index in [1.54, 1.807) is 0 Å². The standard InChI is InChI=1S/C16H26N4O3/c1-16(2,3)23-15(22)19-13-10-6-20(7-11(10)13)14(21)18-12-8-4-17-5-9(8)12/h8-13,17H,4-7H2,1-3H3,(H,18,21)(H,19,22)/t8-,9+,10-,11+,12?,13?. The maximum absolute atomic E-state index is 12.3. The van der Waals surface area contributed by atoms with Crippen LogP contribution in [0.1, 0.15) is 20.8 Å². The Morgan fingerprint density at radius 2 is 1.57 bits per heavy atom. The van der Waals surface area contributed by atoms with Gasteiger partial charge in [0.15, 0.2) is 0 Å². The summed E-state index contributed by atoms with van der Waals surface area (Å²) in [5, 5.41) is 9.42. The highest BCUT2D eigenvalue weighted by molar-refractivity contribution is 5.76. The van der Waals surface area contributed by atoms with Gasteiger partial charge in [0.1, 0.15) is 5.60 Å². The summed E-state index contributed by atoms with van der Waals surface area (Å²) >= 11 is 0. The normalized spacial score (nSPS) is 40.2. The van der Waals surface area contributed by atoms with Crippen LogP contribution in [0.25, 0.3) is 0 Å². The van der Waals surface area contributed by atoms with Crippen molar-refractivity contribution in [3.8, 4) is 0 Å². The van der Waals surface area contributed by atoms with Crippen molar-refractivity contribution in [2.24, 2.45) is 23.7 Å². The number of nitrogens with zero attached hydrogens (tertiary/aromatic N) is 1. The predicted octanol–water partition coefficient (Wildman–Crippen LogP) is 0.369. The molecule has 128 valence electrons. The lowest BCUT2D eigenvalue weighted by molar-refractivity contribution is 0.0515. The van der Waals surface area contributed by atoms with E-state index in [1.807, 2.05) is 25.7 Å². The molecule has 7 heteroatoms. The molecule has 0 aromatic heterocycles. The van der Waals surface area contributed by atoms with Gasteiger partial charge < -0.3 is 25.6 Å². The SMILES string of the molecule is CC(C)(C)OC(=O)NC1[C@H]2CN(C(=O)NC3[C@H]4CNC[C@@H]34)C[C@@H]12. The van der Waals surface area contributed by atoms with Crippen molar-refractivity contribution in [3.05, 3.63) is 0 Å². The Bertz CT molecular complexity index is 510. The van der Waals surface area contributed by atoms with Crippen LogP contribution in [0, 0.1) is 23.7 Å². The minimum atomic E-state index is -0.475. The fraction of sp³-hybridized carbons (Fsp3) is 0.875. The summed E-state index contributed by atoms with van der Waals surface area (Å²) in [6.07, 6.45) is -0.355. The Kier molecular flexibility index (Phi) is 3.27. The van der Waals surface area contributed by atoms with Crippen LogP contribution in [0.4, 0.5) is 9.59 Å². The van der Waals surface area contributed by atoms with E-state index >= 15 is 0 Å². The zero-order valence-electron chi connectivity index (χ0n) is 14.0. The van der Waals surface area contributed by atoms with Gasteiger partial charge in [-0.3, -0.25) is 0 Å². The average Bonchev–Trinajstić information content (AvgIpc) is 3.11. The van der Waals surface area contributed by atoms with E-state index in [-0.39, 0.29) is 18.2 Å². The number of fused-ring (bicyclic) bond motifs is 2. The third-order valence-electron chi connectivity index (χ3n) is 5.55. The number of carbonyl (C=O) groups is 2. The molecule has 0 aromatic carbocycles. The predicted molar refractivity (Wildman–Crippen MR) is 83.9 cm³/mol. The van der Waals surface area contributed by atoms with Gasteiger partial charge in [0.05, 0.1) is 0 Å². The molecule has 3 amide bonds. The van der Waals surface area contributed by atoms with E-state index in [2.05, 4.69) is 16.0 Å². The summed E-state index contributed by atoms with van der Waals surface area (Å²) in [5.41, 5.74) is -0.475. The Morgan fingerprint density at radius 1 is 1.00 bits per heavy atom. The quantitative estimate of drug-likeness (QED) is 0.686. The third-order valence-corrected chi connectivity index (χ3v) is 5.55. The second-order valence-corrected chi connectivity index (χ2v) is 8.37. The molecule has 7 nitrogen and oxygen atoms in total. The van der Waals surface area contributed by atoms with Gasteiger partial charge >= 0.3 is 12.1 Å². The molecule has 0 radical (unpaired) electrons. The molecule has 6 atom stereocenters. The van der Waals surface area contributed by atoms with Crippen LogP contribution < -0.4 is 16.0 Å². The number of ether oxygens (including phenoxy) is 1. The average molecular weight is 322 g/mol. The molecule has 0 aromatic rings. The summed E-state index contributed by atoms with van der Waals surface area (Å²) in [5.74, 6) is 2.04. The van der Waals surface area contributed by atoms with Gasteiger partial charge in [0, 0.05) is 50.1 Å². The van der Waals surface area contributed by atoms with Gasteiger partial charge in [-0.15, -0.1) is 0 Å². The molecule has 2 unspecified atom stereocenters. The Labute approximate surface area is 136 Å². The lowest BCUT2D eigenvalue weighted by atomic mass is 10.2. The monoisotopic (exact) mass is 322 g/mol. The first-order valence-electron chi connectivity index (χ1n) is 8.59. The van der Waals surface area contributed by atoms with Gasteiger partial charge in [0.25, 0.3) is 0 Å². The Balaban J connectivity index is 1.20. The summed E-state index contributed by atoms with van der Waals surface area (Å²) in [4.78, 5) is 26.0. The van der Waals surface area contributed by atoms with Crippen molar-refractivity contribution in [2.45, 2.75) is 38.5 Å². The number of hydrogen-bond acceptors (Lipinski definition) is 4. The van der Waals surface area contributed by atoms with Crippen LogP contribution in [-0.4, -0.2) is 60.9 Å². The molecule has 0 spiro atoms. The molecule has 2 aliphatic heterocycles. The van der Waals surface area contributed by atoms with Gasteiger partial charge in [0.2, 0.25) is 0 Å². The van der Waals surface area contributed by atoms with E-state index in [9.17, 15) is 9.59 Å². The van der Waals surface area contributed by atoms with Crippen molar-refractivity contribution in [3.63, 3.8) is 0 Å². The molecule has 4 rings (SSSR count). The number of urea groups is 1. The zero-order valence-corrected chi connectivity index (χ0v) is 14.0.